The highest BCUT2D eigenvalue weighted by molar-refractivity contribution is 7.92. The quantitative estimate of drug-likeness (QED) is 0.604. The van der Waals surface area contributed by atoms with Crippen LogP contribution >= 0.6 is 0 Å². The third kappa shape index (κ3) is 3.41. The number of carboxylic acids is 1. The van der Waals surface area contributed by atoms with E-state index >= 15 is 0 Å². The van der Waals surface area contributed by atoms with Crippen molar-refractivity contribution in [3.05, 3.63) is 33.9 Å². The van der Waals surface area contributed by atoms with E-state index < -0.39 is 32.2 Å². The number of nitrogens with zero attached hydrogens (tertiary/aromatic N) is 1. The zero-order chi connectivity index (χ0) is 13.2. The smallest absolute Gasteiger partial charge is 0.342 e. The van der Waals surface area contributed by atoms with E-state index in [0.29, 0.717) is 0 Å². The van der Waals surface area contributed by atoms with Crippen molar-refractivity contribution in [3.63, 3.8) is 0 Å². The van der Waals surface area contributed by atoms with Crippen LogP contribution in [-0.2, 0) is 10.0 Å². The molecule has 0 aromatic heterocycles. The van der Waals surface area contributed by atoms with Crippen molar-refractivity contribution < 1.29 is 23.2 Å². The average molecular weight is 260 g/mol. The summed E-state index contributed by atoms with van der Waals surface area (Å²) in [6, 6.07) is 2.95. The van der Waals surface area contributed by atoms with Crippen LogP contribution in [0.2, 0.25) is 0 Å². The normalized spacial score (nSPS) is 10.9. The van der Waals surface area contributed by atoms with Crippen LogP contribution in [0.5, 0.6) is 0 Å². The Bertz CT molecular complexity index is 580. The van der Waals surface area contributed by atoms with Crippen LogP contribution in [0.1, 0.15) is 10.4 Å². The Kier molecular flexibility index (Phi) is 3.32. The molecule has 1 aromatic rings. The van der Waals surface area contributed by atoms with Crippen molar-refractivity contribution in [3.8, 4) is 0 Å². The predicted molar refractivity (Wildman–Crippen MR) is 58.5 cm³/mol. The van der Waals surface area contributed by atoms with Crippen LogP contribution in [0.15, 0.2) is 18.2 Å². The van der Waals surface area contributed by atoms with E-state index in [-0.39, 0.29) is 5.69 Å². The number of benzene rings is 1. The van der Waals surface area contributed by atoms with Gasteiger partial charge < -0.3 is 5.11 Å². The number of carboxylic acid groups (broad SMARTS) is 1. The number of hydrogen-bond acceptors (Lipinski definition) is 5. The Balaban J connectivity index is 3.28. The van der Waals surface area contributed by atoms with Gasteiger partial charge in [0.25, 0.3) is 5.69 Å². The van der Waals surface area contributed by atoms with E-state index in [0.717, 1.165) is 24.5 Å². The number of sulfonamides is 1. The lowest BCUT2D eigenvalue weighted by Crippen LogP contribution is -2.10. The molecule has 9 heteroatoms. The standard InChI is InChI=1S/C8H8N2O6S/c1-17(15,16)9-5-2-3-6(8(11)12)7(4-5)10(13)14/h2-4,9H,1H3,(H,11,12). The summed E-state index contributed by atoms with van der Waals surface area (Å²) in [7, 11) is -3.57. The molecule has 0 saturated carbocycles. The van der Waals surface area contributed by atoms with Crippen molar-refractivity contribution >= 4 is 27.4 Å². The summed E-state index contributed by atoms with van der Waals surface area (Å²) in [5.41, 5.74) is -1.25. The number of anilines is 1. The molecule has 0 unspecified atom stereocenters. The third-order valence-corrected chi connectivity index (χ3v) is 2.33. The molecule has 1 rings (SSSR count). The molecule has 0 heterocycles. The number of rotatable bonds is 4. The van der Waals surface area contributed by atoms with Crippen LogP contribution in [0.3, 0.4) is 0 Å². The number of aromatic carboxylic acids is 1. The lowest BCUT2D eigenvalue weighted by molar-refractivity contribution is -0.385. The van der Waals surface area contributed by atoms with Gasteiger partial charge in [-0.1, -0.05) is 0 Å². The van der Waals surface area contributed by atoms with Gasteiger partial charge in [0.1, 0.15) is 5.56 Å². The molecule has 0 spiro atoms. The second-order valence-electron chi connectivity index (χ2n) is 3.17. The van der Waals surface area contributed by atoms with Gasteiger partial charge in [-0.25, -0.2) is 13.2 Å². The number of nitro groups is 1. The highest BCUT2D eigenvalue weighted by atomic mass is 32.2. The van der Waals surface area contributed by atoms with Gasteiger partial charge in [-0.3, -0.25) is 14.8 Å². The van der Waals surface area contributed by atoms with Crippen molar-refractivity contribution in [2.75, 3.05) is 11.0 Å². The predicted octanol–water partition coefficient (Wildman–Crippen LogP) is 0.664. The first-order chi connectivity index (χ1) is 7.70. The second-order valence-corrected chi connectivity index (χ2v) is 4.92. The molecule has 8 nitrogen and oxygen atoms in total. The molecule has 2 N–H and O–H groups in total. The minimum Gasteiger partial charge on any atom is -0.477 e. The lowest BCUT2D eigenvalue weighted by atomic mass is 10.1. The maximum atomic E-state index is 10.9. The van der Waals surface area contributed by atoms with E-state index in [1.54, 1.807) is 0 Å². The first kappa shape index (κ1) is 12.9. The SMILES string of the molecule is CS(=O)(=O)Nc1ccc(C(=O)O)c([N+](=O)[O-])c1. The van der Waals surface area contributed by atoms with Gasteiger partial charge in [0.2, 0.25) is 10.0 Å². The van der Waals surface area contributed by atoms with Crippen molar-refractivity contribution in [2.45, 2.75) is 0 Å². The number of nitrogens with one attached hydrogen (secondary N) is 1. The van der Waals surface area contributed by atoms with E-state index in [2.05, 4.69) is 0 Å². The molecule has 1 aromatic carbocycles. The highest BCUT2D eigenvalue weighted by Crippen LogP contribution is 2.23. The first-order valence-electron chi connectivity index (χ1n) is 4.20. The molecule has 92 valence electrons. The summed E-state index contributed by atoms with van der Waals surface area (Å²) < 4.78 is 23.8. The molecule has 0 aliphatic carbocycles. The monoisotopic (exact) mass is 260 g/mol. The summed E-state index contributed by atoms with van der Waals surface area (Å²) >= 11 is 0. The fourth-order valence-corrected chi connectivity index (χ4v) is 1.70. The maximum absolute atomic E-state index is 10.9. The topological polar surface area (TPSA) is 127 Å². The second kappa shape index (κ2) is 4.37. The van der Waals surface area contributed by atoms with Gasteiger partial charge in [0.15, 0.2) is 0 Å². The Morgan fingerprint density at radius 2 is 2.06 bits per heavy atom. The molecule has 17 heavy (non-hydrogen) atoms. The van der Waals surface area contributed by atoms with Crippen molar-refractivity contribution in [1.29, 1.82) is 0 Å². The maximum Gasteiger partial charge on any atom is 0.342 e. The summed E-state index contributed by atoms with van der Waals surface area (Å²) in [4.78, 5) is 20.4. The fourth-order valence-electron chi connectivity index (χ4n) is 1.14. The van der Waals surface area contributed by atoms with Gasteiger partial charge in [-0.2, -0.15) is 0 Å². The van der Waals surface area contributed by atoms with Crippen LogP contribution < -0.4 is 4.72 Å². The molecule has 0 aliphatic heterocycles. The average Bonchev–Trinajstić information content (AvgIpc) is 2.14. The molecule has 0 radical (unpaired) electrons. The largest absolute Gasteiger partial charge is 0.477 e. The zero-order valence-electron chi connectivity index (χ0n) is 8.58. The van der Waals surface area contributed by atoms with E-state index in [9.17, 15) is 23.3 Å². The minimum absolute atomic E-state index is 0.0656. The third-order valence-electron chi connectivity index (χ3n) is 1.73. The van der Waals surface area contributed by atoms with Crippen LogP contribution in [0.25, 0.3) is 0 Å². The fraction of sp³-hybridized carbons (Fsp3) is 0.125. The first-order valence-corrected chi connectivity index (χ1v) is 6.09. The molecule has 0 saturated heterocycles. The molecule has 0 bridgehead atoms. The van der Waals surface area contributed by atoms with Crippen LogP contribution in [0.4, 0.5) is 11.4 Å². The van der Waals surface area contributed by atoms with Gasteiger partial charge in [0, 0.05) is 6.07 Å². The molecule has 0 aliphatic rings. The van der Waals surface area contributed by atoms with Crippen LogP contribution in [0, 0.1) is 10.1 Å². The Labute approximate surface area is 96.1 Å². The summed E-state index contributed by atoms with van der Waals surface area (Å²) in [6.45, 7) is 0. The zero-order valence-corrected chi connectivity index (χ0v) is 9.39. The van der Waals surface area contributed by atoms with Crippen molar-refractivity contribution in [2.24, 2.45) is 0 Å². The Morgan fingerprint density at radius 3 is 2.47 bits per heavy atom. The van der Waals surface area contributed by atoms with Gasteiger partial charge >= 0.3 is 5.97 Å². The van der Waals surface area contributed by atoms with E-state index in [1.165, 1.54) is 0 Å². The van der Waals surface area contributed by atoms with Gasteiger partial charge in [-0.15, -0.1) is 0 Å². The highest BCUT2D eigenvalue weighted by Gasteiger charge is 2.20. The summed E-state index contributed by atoms with van der Waals surface area (Å²) in [5.74, 6) is -1.46. The minimum atomic E-state index is -3.57. The van der Waals surface area contributed by atoms with E-state index in [1.807, 2.05) is 4.72 Å². The molecular weight excluding hydrogens is 252 g/mol. The Morgan fingerprint density at radius 1 is 1.47 bits per heavy atom. The summed E-state index contributed by atoms with van der Waals surface area (Å²) in [5, 5.41) is 19.3. The van der Waals surface area contributed by atoms with E-state index in [4.69, 9.17) is 5.11 Å². The number of hydrogen-bond donors (Lipinski definition) is 2. The molecule has 0 amide bonds. The van der Waals surface area contributed by atoms with Gasteiger partial charge in [0.05, 0.1) is 16.9 Å². The lowest BCUT2D eigenvalue weighted by Gasteiger charge is -2.04. The Hall–Kier alpha value is -2.16. The number of nitro benzene ring substituents is 1. The summed E-state index contributed by atoms with van der Waals surface area (Å²) in [6.07, 6.45) is 0.879. The molecule has 0 fully saturated rings. The van der Waals surface area contributed by atoms with Crippen LogP contribution in [-0.4, -0.2) is 30.7 Å². The van der Waals surface area contributed by atoms with Gasteiger partial charge in [-0.05, 0) is 12.1 Å². The van der Waals surface area contributed by atoms with Crippen molar-refractivity contribution in [1.82, 2.24) is 0 Å². The molecule has 0 atom stereocenters. The molecular formula is C8H8N2O6S. The number of carbonyl (C=O) groups is 1.